The fourth-order valence-corrected chi connectivity index (χ4v) is 3.54. The largest absolute Gasteiger partial charge is 0.469 e. The summed E-state index contributed by atoms with van der Waals surface area (Å²) in [4.78, 5) is 18.5. The van der Waals surface area contributed by atoms with E-state index in [9.17, 15) is 4.79 Å². The number of nitrogens with zero attached hydrogens (tertiary/aromatic N) is 4. The highest BCUT2D eigenvalue weighted by molar-refractivity contribution is 5.82. The number of rotatable bonds is 4. The first kappa shape index (κ1) is 18.9. The van der Waals surface area contributed by atoms with Crippen LogP contribution in [0.2, 0.25) is 0 Å². The standard InChI is InChI=1S/C20H27N5O2/c1-14-12-24(13-17(14)19(26)27-4)20(21-3)22-11-16-7-5-6-8-18(16)25-10-9-15(2)23-25/h5-10,14,17H,11-13H2,1-4H3,(H,21,22). The van der Waals surface area contributed by atoms with E-state index >= 15 is 0 Å². The number of para-hydroxylation sites is 1. The van der Waals surface area contributed by atoms with Gasteiger partial charge in [0, 0.05) is 32.9 Å². The molecule has 1 aliphatic rings. The van der Waals surface area contributed by atoms with E-state index < -0.39 is 0 Å². The number of ether oxygens (including phenoxy) is 1. The Bertz CT molecular complexity index is 829. The molecule has 1 aromatic heterocycles. The molecule has 3 rings (SSSR count). The number of likely N-dealkylation sites (tertiary alicyclic amines) is 1. The molecule has 7 nitrogen and oxygen atoms in total. The number of aromatic nitrogens is 2. The first-order chi connectivity index (χ1) is 13.0. The Balaban J connectivity index is 1.70. The summed E-state index contributed by atoms with van der Waals surface area (Å²) in [5.74, 6) is 0.753. The third-order valence-corrected chi connectivity index (χ3v) is 5.03. The van der Waals surface area contributed by atoms with Gasteiger partial charge in [-0.05, 0) is 30.5 Å². The van der Waals surface area contributed by atoms with E-state index in [1.807, 2.05) is 36.0 Å². The van der Waals surface area contributed by atoms with Gasteiger partial charge in [0.1, 0.15) is 0 Å². The molecule has 27 heavy (non-hydrogen) atoms. The summed E-state index contributed by atoms with van der Waals surface area (Å²) in [6, 6.07) is 10.1. The van der Waals surface area contributed by atoms with Crippen LogP contribution < -0.4 is 5.32 Å². The molecule has 7 heteroatoms. The van der Waals surface area contributed by atoms with E-state index in [2.05, 4.69) is 39.4 Å². The minimum absolute atomic E-state index is 0.118. The zero-order valence-electron chi connectivity index (χ0n) is 16.3. The predicted molar refractivity (Wildman–Crippen MR) is 105 cm³/mol. The molecule has 1 fully saturated rings. The number of guanidine groups is 1. The van der Waals surface area contributed by atoms with Crippen LogP contribution in [-0.4, -0.2) is 53.9 Å². The number of aryl methyl sites for hydroxylation is 1. The summed E-state index contributed by atoms with van der Waals surface area (Å²) in [6.07, 6.45) is 1.96. The summed E-state index contributed by atoms with van der Waals surface area (Å²) < 4.78 is 6.82. The topological polar surface area (TPSA) is 71.8 Å². The second-order valence-electron chi connectivity index (χ2n) is 6.94. The van der Waals surface area contributed by atoms with E-state index in [-0.39, 0.29) is 17.8 Å². The normalized spacial score (nSPS) is 20.0. The van der Waals surface area contributed by atoms with Gasteiger partial charge in [-0.3, -0.25) is 9.79 Å². The van der Waals surface area contributed by atoms with E-state index in [0.29, 0.717) is 13.1 Å². The Labute approximate surface area is 160 Å². The van der Waals surface area contributed by atoms with Gasteiger partial charge in [-0.15, -0.1) is 0 Å². The molecule has 1 aromatic carbocycles. The van der Waals surface area contributed by atoms with Crippen LogP contribution in [0.25, 0.3) is 5.69 Å². The van der Waals surface area contributed by atoms with Gasteiger partial charge in [0.15, 0.2) is 5.96 Å². The van der Waals surface area contributed by atoms with Gasteiger partial charge in [0.25, 0.3) is 0 Å². The molecule has 144 valence electrons. The van der Waals surface area contributed by atoms with Crippen molar-refractivity contribution in [3.8, 4) is 5.69 Å². The third kappa shape index (κ3) is 4.13. The van der Waals surface area contributed by atoms with Crippen LogP contribution in [0.5, 0.6) is 0 Å². The highest BCUT2D eigenvalue weighted by Crippen LogP contribution is 2.24. The summed E-state index contributed by atoms with van der Waals surface area (Å²) in [5.41, 5.74) is 3.14. The van der Waals surface area contributed by atoms with Crippen LogP contribution >= 0.6 is 0 Å². The number of hydrogen-bond acceptors (Lipinski definition) is 4. The molecule has 2 heterocycles. The number of aliphatic imine (C=N–C) groups is 1. The molecule has 0 amide bonds. The molecule has 0 saturated carbocycles. The Morgan fingerprint density at radius 1 is 1.33 bits per heavy atom. The Hall–Kier alpha value is -2.83. The van der Waals surface area contributed by atoms with Crippen LogP contribution in [0.1, 0.15) is 18.2 Å². The molecular formula is C20H27N5O2. The molecule has 0 radical (unpaired) electrons. The van der Waals surface area contributed by atoms with Crippen molar-refractivity contribution in [1.29, 1.82) is 0 Å². The zero-order valence-corrected chi connectivity index (χ0v) is 16.3. The van der Waals surface area contributed by atoms with E-state index in [0.717, 1.165) is 29.4 Å². The first-order valence-electron chi connectivity index (χ1n) is 9.17. The van der Waals surface area contributed by atoms with Crippen LogP contribution in [0.3, 0.4) is 0 Å². The second kappa shape index (κ2) is 8.24. The fourth-order valence-electron chi connectivity index (χ4n) is 3.54. The average molecular weight is 369 g/mol. The lowest BCUT2D eigenvalue weighted by atomic mass is 9.99. The van der Waals surface area contributed by atoms with Gasteiger partial charge in [-0.25, -0.2) is 4.68 Å². The number of esters is 1. The maximum absolute atomic E-state index is 11.9. The molecule has 1 saturated heterocycles. The number of carbonyl (C=O) groups excluding carboxylic acids is 1. The van der Waals surface area contributed by atoms with Gasteiger partial charge in [0.05, 0.1) is 24.4 Å². The quantitative estimate of drug-likeness (QED) is 0.507. The minimum Gasteiger partial charge on any atom is -0.469 e. The number of carbonyl (C=O) groups is 1. The molecule has 1 aliphatic heterocycles. The van der Waals surface area contributed by atoms with Gasteiger partial charge in [-0.1, -0.05) is 25.1 Å². The predicted octanol–water partition coefficient (Wildman–Crippen LogP) is 2.00. The molecule has 2 aromatic rings. The van der Waals surface area contributed by atoms with Crippen molar-refractivity contribution in [2.45, 2.75) is 20.4 Å². The van der Waals surface area contributed by atoms with Crippen molar-refractivity contribution in [2.24, 2.45) is 16.8 Å². The molecule has 2 unspecified atom stereocenters. The zero-order chi connectivity index (χ0) is 19.4. The lowest BCUT2D eigenvalue weighted by Crippen LogP contribution is -2.40. The van der Waals surface area contributed by atoms with Crippen molar-refractivity contribution in [2.75, 3.05) is 27.2 Å². The van der Waals surface area contributed by atoms with Gasteiger partial charge in [-0.2, -0.15) is 5.10 Å². The van der Waals surface area contributed by atoms with Crippen molar-refractivity contribution in [3.63, 3.8) is 0 Å². The fraction of sp³-hybridized carbons (Fsp3) is 0.450. The van der Waals surface area contributed by atoms with Crippen LogP contribution in [0.15, 0.2) is 41.5 Å². The summed E-state index contributed by atoms with van der Waals surface area (Å²) >= 11 is 0. The summed E-state index contributed by atoms with van der Waals surface area (Å²) in [6.45, 7) is 6.07. The smallest absolute Gasteiger partial charge is 0.310 e. The van der Waals surface area contributed by atoms with Crippen molar-refractivity contribution >= 4 is 11.9 Å². The maximum atomic E-state index is 11.9. The monoisotopic (exact) mass is 369 g/mol. The second-order valence-corrected chi connectivity index (χ2v) is 6.94. The van der Waals surface area contributed by atoms with E-state index in [1.165, 1.54) is 7.11 Å². The number of methoxy groups -OCH3 is 1. The molecule has 0 aliphatic carbocycles. The Morgan fingerprint density at radius 3 is 2.78 bits per heavy atom. The van der Waals surface area contributed by atoms with Gasteiger partial charge >= 0.3 is 5.97 Å². The highest BCUT2D eigenvalue weighted by atomic mass is 16.5. The SMILES string of the molecule is CN=C(NCc1ccccc1-n1ccc(C)n1)N1CC(C)C(C(=O)OC)C1. The van der Waals surface area contributed by atoms with Crippen LogP contribution in [0.4, 0.5) is 0 Å². The molecule has 1 N–H and O–H groups in total. The van der Waals surface area contributed by atoms with E-state index in [4.69, 9.17) is 4.74 Å². The van der Waals surface area contributed by atoms with Gasteiger partial charge < -0.3 is 15.0 Å². The molecule has 0 bridgehead atoms. The number of benzene rings is 1. The van der Waals surface area contributed by atoms with E-state index in [1.54, 1.807) is 7.05 Å². The Morgan fingerprint density at radius 2 is 2.11 bits per heavy atom. The lowest BCUT2D eigenvalue weighted by molar-refractivity contribution is -0.145. The molecule has 0 spiro atoms. The first-order valence-corrected chi connectivity index (χ1v) is 9.17. The van der Waals surface area contributed by atoms with Gasteiger partial charge in [0.2, 0.25) is 0 Å². The Kier molecular flexibility index (Phi) is 5.78. The van der Waals surface area contributed by atoms with Crippen LogP contribution in [-0.2, 0) is 16.1 Å². The summed E-state index contributed by atoms with van der Waals surface area (Å²) in [7, 11) is 3.21. The lowest BCUT2D eigenvalue weighted by Gasteiger charge is -2.22. The molecule has 2 atom stereocenters. The van der Waals surface area contributed by atoms with Crippen LogP contribution in [0, 0.1) is 18.8 Å². The highest BCUT2D eigenvalue weighted by Gasteiger charge is 2.36. The van der Waals surface area contributed by atoms with Crippen molar-refractivity contribution in [1.82, 2.24) is 20.0 Å². The van der Waals surface area contributed by atoms with Crippen molar-refractivity contribution in [3.05, 3.63) is 47.8 Å². The third-order valence-electron chi connectivity index (χ3n) is 5.03. The average Bonchev–Trinajstić information content (AvgIpc) is 3.28. The number of nitrogens with one attached hydrogen (secondary N) is 1. The minimum atomic E-state index is -0.153. The van der Waals surface area contributed by atoms with Crippen molar-refractivity contribution < 1.29 is 9.53 Å². The number of hydrogen-bond donors (Lipinski definition) is 1. The maximum Gasteiger partial charge on any atom is 0.310 e. The molecular weight excluding hydrogens is 342 g/mol. The summed E-state index contributed by atoms with van der Waals surface area (Å²) in [5, 5.41) is 7.94.